The third-order valence-electron chi connectivity index (χ3n) is 3.38. The van der Waals surface area contributed by atoms with E-state index in [1.807, 2.05) is 16.8 Å². The minimum atomic E-state index is 0.183. The molecule has 2 aromatic rings. The number of anilines is 2. The number of rotatable bonds is 2. The molecule has 0 aromatic carbocycles. The molecule has 0 spiro atoms. The molecule has 0 radical (unpaired) electrons. The van der Waals surface area contributed by atoms with Crippen molar-refractivity contribution in [3.8, 4) is 0 Å². The van der Waals surface area contributed by atoms with Gasteiger partial charge in [0.1, 0.15) is 0 Å². The molecule has 2 unspecified atom stereocenters. The fourth-order valence-corrected chi connectivity index (χ4v) is 2.38. The Bertz CT molecular complexity index is 583. The second kappa shape index (κ2) is 4.67. The van der Waals surface area contributed by atoms with E-state index in [2.05, 4.69) is 34.1 Å². The van der Waals surface area contributed by atoms with Crippen molar-refractivity contribution in [2.45, 2.75) is 26.0 Å². The molecule has 1 fully saturated rings. The van der Waals surface area contributed by atoms with Crippen LogP contribution in [0.1, 0.15) is 13.8 Å². The molecule has 0 amide bonds. The lowest BCUT2D eigenvalue weighted by Crippen LogP contribution is -2.48. The zero-order chi connectivity index (χ0) is 13.4. The molecule has 7 heteroatoms. The van der Waals surface area contributed by atoms with Gasteiger partial charge in [0.25, 0.3) is 0 Å². The summed E-state index contributed by atoms with van der Waals surface area (Å²) in [7, 11) is 0. The van der Waals surface area contributed by atoms with Gasteiger partial charge in [0, 0.05) is 18.9 Å². The van der Waals surface area contributed by atoms with E-state index in [0.717, 1.165) is 18.0 Å². The van der Waals surface area contributed by atoms with Crippen molar-refractivity contribution in [2.75, 3.05) is 23.5 Å². The zero-order valence-corrected chi connectivity index (χ0v) is 11.1. The van der Waals surface area contributed by atoms with Gasteiger partial charge in [-0.1, -0.05) is 0 Å². The first-order chi connectivity index (χ1) is 9.19. The van der Waals surface area contributed by atoms with E-state index in [0.29, 0.717) is 12.4 Å². The largest absolute Gasteiger partial charge is 0.375 e. The summed E-state index contributed by atoms with van der Waals surface area (Å²) in [4.78, 5) is 11.1. The number of hydrazine groups is 1. The number of imidazole rings is 1. The Labute approximate surface area is 111 Å². The summed E-state index contributed by atoms with van der Waals surface area (Å²) < 4.78 is 7.58. The Morgan fingerprint density at radius 1 is 1.47 bits per heavy atom. The molecule has 0 saturated carbocycles. The summed E-state index contributed by atoms with van der Waals surface area (Å²) in [6.07, 6.45) is 5.65. The first-order valence-electron chi connectivity index (χ1n) is 6.37. The minimum Gasteiger partial charge on any atom is -0.375 e. The number of morpholine rings is 1. The summed E-state index contributed by atoms with van der Waals surface area (Å²) in [5, 5.41) is 0. The van der Waals surface area contributed by atoms with Crippen molar-refractivity contribution >= 4 is 17.3 Å². The molecule has 1 aliphatic rings. The van der Waals surface area contributed by atoms with Gasteiger partial charge in [-0.2, -0.15) is 0 Å². The maximum absolute atomic E-state index is 5.65. The number of fused-ring (bicyclic) bond motifs is 1. The quantitative estimate of drug-likeness (QED) is 0.610. The van der Waals surface area contributed by atoms with Gasteiger partial charge in [-0.15, -0.1) is 0 Å². The van der Waals surface area contributed by atoms with Crippen LogP contribution in [0.2, 0.25) is 0 Å². The molecule has 3 heterocycles. The van der Waals surface area contributed by atoms with Crippen molar-refractivity contribution in [3.63, 3.8) is 0 Å². The van der Waals surface area contributed by atoms with Crippen molar-refractivity contribution in [1.82, 2.24) is 14.4 Å². The lowest BCUT2D eigenvalue weighted by molar-refractivity contribution is 0.0341. The molecule has 7 nitrogen and oxygen atoms in total. The van der Waals surface area contributed by atoms with E-state index in [9.17, 15) is 0 Å². The van der Waals surface area contributed by atoms with E-state index in [1.165, 1.54) is 0 Å². The lowest BCUT2D eigenvalue weighted by Gasteiger charge is -2.37. The van der Waals surface area contributed by atoms with E-state index in [-0.39, 0.29) is 12.1 Å². The smallest absolute Gasteiger partial charge is 0.180 e. The Kier molecular flexibility index (Phi) is 3.00. The Hall–Kier alpha value is -1.86. The number of nitrogen functional groups attached to an aromatic ring is 1. The van der Waals surface area contributed by atoms with Crippen LogP contribution in [0, 0.1) is 0 Å². The van der Waals surface area contributed by atoms with Gasteiger partial charge < -0.3 is 19.5 Å². The van der Waals surface area contributed by atoms with Gasteiger partial charge in [0.05, 0.1) is 24.9 Å². The van der Waals surface area contributed by atoms with Crippen LogP contribution in [0.3, 0.4) is 0 Å². The first-order valence-corrected chi connectivity index (χ1v) is 6.37. The van der Waals surface area contributed by atoms with Crippen LogP contribution in [0.25, 0.3) is 5.65 Å². The molecule has 102 valence electrons. The molecule has 1 aliphatic heterocycles. The summed E-state index contributed by atoms with van der Waals surface area (Å²) in [5.41, 5.74) is 3.43. The highest BCUT2D eigenvalue weighted by Gasteiger charge is 2.27. The van der Waals surface area contributed by atoms with Gasteiger partial charge in [-0.05, 0) is 13.8 Å². The van der Waals surface area contributed by atoms with Gasteiger partial charge in [0.2, 0.25) is 0 Å². The number of nitrogens with zero attached hydrogens (tertiary/aromatic N) is 4. The summed E-state index contributed by atoms with van der Waals surface area (Å²) in [6.45, 7) is 5.67. The molecule has 1 saturated heterocycles. The fraction of sp³-hybridized carbons (Fsp3) is 0.500. The fourth-order valence-electron chi connectivity index (χ4n) is 2.38. The van der Waals surface area contributed by atoms with Crippen LogP contribution in [0.5, 0.6) is 0 Å². The average Bonchev–Trinajstić information content (AvgIpc) is 2.88. The number of hydrogen-bond acceptors (Lipinski definition) is 6. The van der Waals surface area contributed by atoms with Crippen molar-refractivity contribution in [2.24, 2.45) is 5.84 Å². The highest BCUT2D eigenvalue weighted by atomic mass is 16.5. The predicted octanol–water partition coefficient (Wildman–Crippen LogP) is 0.628. The normalized spacial score (nSPS) is 23.8. The minimum absolute atomic E-state index is 0.183. The summed E-state index contributed by atoms with van der Waals surface area (Å²) in [6, 6.07) is 0.261. The van der Waals surface area contributed by atoms with Crippen LogP contribution in [-0.2, 0) is 4.74 Å². The Balaban J connectivity index is 2.09. The SMILES string of the molecule is CC1CN(c2nc(NN)cn3ccnc23)C(C)CO1. The van der Waals surface area contributed by atoms with Crippen LogP contribution in [-0.4, -0.2) is 39.7 Å². The molecule has 2 aromatic heterocycles. The molecule has 0 bridgehead atoms. The number of aromatic nitrogens is 3. The molecule has 19 heavy (non-hydrogen) atoms. The topological polar surface area (TPSA) is 80.7 Å². The van der Waals surface area contributed by atoms with Gasteiger partial charge in [-0.25, -0.2) is 15.8 Å². The number of ether oxygens (including phenoxy) is 1. The van der Waals surface area contributed by atoms with E-state index in [4.69, 9.17) is 10.6 Å². The second-order valence-corrected chi connectivity index (χ2v) is 4.90. The number of nitrogens with two attached hydrogens (primary N) is 1. The highest BCUT2D eigenvalue weighted by molar-refractivity contribution is 5.67. The van der Waals surface area contributed by atoms with Crippen molar-refractivity contribution in [1.29, 1.82) is 0 Å². The third kappa shape index (κ3) is 2.11. The van der Waals surface area contributed by atoms with E-state index < -0.39 is 0 Å². The summed E-state index contributed by atoms with van der Waals surface area (Å²) >= 11 is 0. The van der Waals surface area contributed by atoms with Crippen LogP contribution >= 0.6 is 0 Å². The molecule has 2 atom stereocenters. The molecule has 0 aliphatic carbocycles. The molecule has 3 N–H and O–H groups in total. The Morgan fingerprint density at radius 3 is 3.11 bits per heavy atom. The zero-order valence-electron chi connectivity index (χ0n) is 11.1. The second-order valence-electron chi connectivity index (χ2n) is 4.90. The molecular weight excluding hydrogens is 244 g/mol. The van der Waals surface area contributed by atoms with Crippen LogP contribution < -0.4 is 16.2 Å². The molecule has 3 rings (SSSR count). The van der Waals surface area contributed by atoms with Crippen LogP contribution in [0.4, 0.5) is 11.6 Å². The standard InChI is InChI=1S/C12H18N6O/c1-8-7-19-9(2)5-18(8)12-11-14-3-4-17(11)6-10(15-12)16-13/h3-4,6,8-9,16H,5,7,13H2,1-2H3. The Morgan fingerprint density at radius 2 is 2.32 bits per heavy atom. The monoisotopic (exact) mass is 262 g/mol. The summed E-state index contributed by atoms with van der Waals surface area (Å²) in [5.74, 6) is 6.93. The van der Waals surface area contributed by atoms with E-state index >= 15 is 0 Å². The predicted molar refractivity (Wildman–Crippen MR) is 73.0 cm³/mol. The van der Waals surface area contributed by atoms with Gasteiger partial charge in [-0.3, -0.25) is 0 Å². The maximum atomic E-state index is 5.65. The third-order valence-corrected chi connectivity index (χ3v) is 3.38. The van der Waals surface area contributed by atoms with Gasteiger partial charge >= 0.3 is 0 Å². The first kappa shape index (κ1) is 12.2. The highest BCUT2D eigenvalue weighted by Crippen LogP contribution is 2.25. The van der Waals surface area contributed by atoms with Crippen molar-refractivity contribution in [3.05, 3.63) is 18.6 Å². The van der Waals surface area contributed by atoms with E-state index in [1.54, 1.807) is 6.20 Å². The molecular formula is C12H18N6O. The maximum Gasteiger partial charge on any atom is 0.180 e. The van der Waals surface area contributed by atoms with Gasteiger partial charge in [0.15, 0.2) is 17.3 Å². The number of nitrogens with one attached hydrogen (secondary N) is 1. The van der Waals surface area contributed by atoms with Crippen molar-refractivity contribution < 1.29 is 4.74 Å². The lowest BCUT2D eigenvalue weighted by atomic mass is 10.2. The average molecular weight is 262 g/mol. The van der Waals surface area contributed by atoms with Crippen LogP contribution in [0.15, 0.2) is 18.6 Å². The number of hydrogen-bond donors (Lipinski definition) is 2.